The number of ether oxygens (including phenoxy) is 1. The van der Waals surface area contributed by atoms with Gasteiger partial charge in [-0.25, -0.2) is 0 Å². The lowest BCUT2D eigenvalue weighted by atomic mass is 10.2. The zero-order valence-electron chi connectivity index (χ0n) is 14.7. The molecule has 6 heteroatoms. The highest BCUT2D eigenvalue weighted by molar-refractivity contribution is 8.10. The molecule has 4 nitrogen and oxygen atoms in total. The molecular weight excluding hydrogens is 353 g/mol. The second kappa shape index (κ2) is 7.88. The Morgan fingerprint density at radius 1 is 1.04 bits per heavy atom. The van der Waals surface area contributed by atoms with Crippen LogP contribution in [0.15, 0.2) is 54.6 Å². The van der Waals surface area contributed by atoms with Crippen molar-refractivity contribution in [2.75, 3.05) is 11.9 Å². The Hall–Kier alpha value is -1.39. The molecule has 4 atom stereocenters. The number of hydrogen-bond acceptors (Lipinski definition) is 5. The van der Waals surface area contributed by atoms with E-state index >= 15 is 0 Å². The first kappa shape index (κ1) is 18.4. The number of nitrogens with one attached hydrogen (secondary N) is 1. The molecule has 0 bridgehead atoms. The number of rotatable bonds is 6. The van der Waals surface area contributed by atoms with Crippen LogP contribution >= 0.6 is 6.49 Å². The summed E-state index contributed by atoms with van der Waals surface area (Å²) in [6, 6.07) is 18.0. The van der Waals surface area contributed by atoms with Crippen molar-refractivity contribution >= 4 is 24.0 Å². The predicted molar refractivity (Wildman–Crippen MR) is 106 cm³/mol. The van der Waals surface area contributed by atoms with Gasteiger partial charge in [-0.05, 0) is 62.4 Å². The van der Waals surface area contributed by atoms with Crippen molar-refractivity contribution < 1.29 is 13.8 Å². The Kier molecular flexibility index (Phi) is 5.80. The van der Waals surface area contributed by atoms with Crippen molar-refractivity contribution in [2.45, 2.75) is 38.8 Å². The zero-order valence-corrected chi connectivity index (χ0v) is 16.4. The van der Waals surface area contributed by atoms with Gasteiger partial charge in [0, 0.05) is 5.69 Å². The highest BCUT2D eigenvalue weighted by Crippen LogP contribution is 2.66. The number of para-hydroxylation sites is 1. The van der Waals surface area contributed by atoms with Gasteiger partial charge in [0.15, 0.2) is 0 Å². The summed E-state index contributed by atoms with van der Waals surface area (Å²) < 4.78 is 17.8. The molecule has 1 fully saturated rings. The molecule has 0 aromatic heterocycles. The van der Waals surface area contributed by atoms with Crippen LogP contribution in [-0.2, 0) is 20.9 Å². The van der Waals surface area contributed by atoms with E-state index in [1.165, 1.54) is 0 Å². The maximum absolute atomic E-state index is 6.14. The fourth-order valence-corrected chi connectivity index (χ4v) is 6.48. The highest BCUT2D eigenvalue weighted by atomic mass is 32.5. The van der Waals surface area contributed by atoms with Gasteiger partial charge in [-0.3, -0.25) is 0 Å². The minimum atomic E-state index is -2.53. The van der Waals surface area contributed by atoms with Crippen LogP contribution in [0.4, 0.5) is 5.69 Å². The smallest absolute Gasteiger partial charge is 0.216 e. The maximum Gasteiger partial charge on any atom is 0.216 e. The summed E-state index contributed by atoms with van der Waals surface area (Å²) >= 11 is 5.88. The quantitative estimate of drug-likeness (QED) is 0.689. The molecule has 0 aliphatic carbocycles. The third-order valence-corrected chi connectivity index (χ3v) is 7.65. The topological polar surface area (TPSA) is 39.7 Å². The molecule has 2 aromatic carbocycles. The van der Waals surface area contributed by atoms with Gasteiger partial charge in [0.05, 0.1) is 18.8 Å². The van der Waals surface area contributed by atoms with Gasteiger partial charge < -0.3 is 19.1 Å². The second-order valence-electron chi connectivity index (χ2n) is 6.08. The van der Waals surface area contributed by atoms with Crippen LogP contribution in [0.25, 0.3) is 0 Å². The molecule has 3 rings (SSSR count). The van der Waals surface area contributed by atoms with Crippen molar-refractivity contribution in [3.05, 3.63) is 60.2 Å². The van der Waals surface area contributed by atoms with Crippen LogP contribution in [0.2, 0.25) is 0 Å². The second-order valence-corrected chi connectivity index (χ2v) is 9.62. The Morgan fingerprint density at radius 3 is 2.20 bits per heavy atom. The first-order valence-electron chi connectivity index (χ1n) is 8.52. The summed E-state index contributed by atoms with van der Waals surface area (Å²) in [4.78, 5) is 0. The predicted octanol–water partition coefficient (Wildman–Crippen LogP) is 5.33. The Morgan fingerprint density at radius 2 is 1.64 bits per heavy atom. The van der Waals surface area contributed by atoms with Crippen molar-refractivity contribution in [1.82, 2.24) is 0 Å². The molecule has 1 saturated heterocycles. The van der Waals surface area contributed by atoms with E-state index in [1.807, 2.05) is 75.4 Å². The minimum Gasteiger partial charge on any atom is -0.494 e. The average Bonchev–Trinajstić information content (AvgIpc) is 2.88. The first-order valence-corrected chi connectivity index (χ1v) is 11.2. The number of anilines is 1. The van der Waals surface area contributed by atoms with Crippen LogP contribution < -0.4 is 10.1 Å². The van der Waals surface area contributed by atoms with Crippen LogP contribution in [-0.4, -0.2) is 18.8 Å². The maximum atomic E-state index is 6.14. The molecule has 1 aliphatic rings. The van der Waals surface area contributed by atoms with Crippen LogP contribution in [0, 0.1) is 0 Å². The summed E-state index contributed by atoms with van der Waals surface area (Å²) in [5, 5.41) is 3.52. The monoisotopic (exact) mass is 377 g/mol. The van der Waals surface area contributed by atoms with E-state index in [4.69, 9.17) is 25.6 Å². The number of hydrogen-bond donors (Lipinski definition) is 1. The lowest BCUT2D eigenvalue weighted by Crippen LogP contribution is -2.13. The van der Waals surface area contributed by atoms with Crippen molar-refractivity contribution in [3.63, 3.8) is 0 Å². The lowest BCUT2D eigenvalue weighted by molar-refractivity contribution is 0.187. The van der Waals surface area contributed by atoms with Gasteiger partial charge >= 0.3 is 0 Å². The Bertz CT molecular complexity index is 724. The molecule has 1 N–H and O–H groups in total. The molecule has 0 saturated carbocycles. The van der Waals surface area contributed by atoms with Gasteiger partial charge in [-0.1, -0.05) is 30.3 Å². The van der Waals surface area contributed by atoms with Crippen molar-refractivity contribution in [3.8, 4) is 5.75 Å². The van der Waals surface area contributed by atoms with E-state index < -0.39 is 6.49 Å². The van der Waals surface area contributed by atoms with Crippen LogP contribution in [0.1, 0.15) is 32.1 Å². The summed E-state index contributed by atoms with van der Waals surface area (Å²) in [5.74, 6) is 0.629. The summed E-state index contributed by atoms with van der Waals surface area (Å²) in [6.07, 6.45) is -0.0118. The largest absolute Gasteiger partial charge is 0.494 e. The molecule has 134 valence electrons. The van der Waals surface area contributed by atoms with E-state index in [-0.39, 0.29) is 18.0 Å². The summed E-state index contributed by atoms with van der Waals surface area (Å²) in [5.41, 5.74) is 2.03. The normalized spacial score (nSPS) is 27.0. The van der Waals surface area contributed by atoms with Crippen molar-refractivity contribution in [2.24, 2.45) is 0 Å². The minimum absolute atomic E-state index is 0.00592. The third-order valence-electron chi connectivity index (χ3n) is 4.19. The fraction of sp³-hybridized carbons (Fsp3) is 0.368. The number of benzene rings is 2. The highest BCUT2D eigenvalue weighted by Gasteiger charge is 2.42. The zero-order chi connectivity index (χ0) is 17.9. The van der Waals surface area contributed by atoms with E-state index in [0.29, 0.717) is 6.61 Å². The molecule has 2 aromatic rings. The summed E-state index contributed by atoms with van der Waals surface area (Å²) in [6.45, 7) is 4.11. The third kappa shape index (κ3) is 4.24. The van der Waals surface area contributed by atoms with E-state index in [1.54, 1.807) is 0 Å². The molecule has 1 heterocycles. The molecule has 0 radical (unpaired) electrons. The van der Waals surface area contributed by atoms with Gasteiger partial charge in [-0.15, -0.1) is 0 Å². The lowest BCUT2D eigenvalue weighted by Gasteiger charge is -2.28. The molecule has 25 heavy (non-hydrogen) atoms. The molecule has 0 amide bonds. The van der Waals surface area contributed by atoms with Crippen LogP contribution in [0.3, 0.4) is 0 Å². The molecular formula is C19H24NO3PS. The average molecular weight is 377 g/mol. The Balaban J connectivity index is 1.93. The molecule has 1 aliphatic heterocycles. The van der Waals surface area contributed by atoms with Gasteiger partial charge in [0.2, 0.25) is 6.49 Å². The molecule has 0 spiro atoms. The molecule has 1 unspecified atom stereocenters. The van der Waals surface area contributed by atoms with Gasteiger partial charge in [0.1, 0.15) is 11.5 Å². The Labute approximate surface area is 154 Å². The SMILES string of the molecule is CCOc1ccc([C@@H](Nc2ccccc2)P2(=S)O[C@@H](C)[C@@H](C)O2)cc1. The van der Waals surface area contributed by atoms with E-state index in [0.717, 1.165) is 17.0 Å². The standard InChI is InChI=1S/C19H24NO3PS/c1-4-21-18-12-10-16(11-13-18)19(20-17-8-6-5-7-9-17)24(25)22-14(2)15(3)23-24/h5-15,19-20H,4H2,1-3H3/t14-,15+,19-,24?/m0/s1. The summed E-state index contributed by atoms with van der Waals surface area (Å²) in [7, 11) is 0. The fourth-order valence-electron chi connectivity index (χ4n) is 2.73. The van der Waals surface area contributed by atoms with Crippen molar-refractivity contribution in [1.29, 1.82) is 0 Å². The van der Waals surface area contributed by atoms with Gasteiger partial charge in [-0.2, -0.15) is 0 Å². The van der Waals surface area contributed by atoms with Crippen LogP contribution in [0.5, 0.6) is 5.75 Å². The van der Waals surface area contributed by atoms with Gasteiger partial charge in [0.25, 0.3) is 0 Å². The van der Waals surface area contributed by atoms with E-state index in [9.17, 15) is 0 Å². The van der Waals surface area contributed by atoms with E-state index in [2.05, 4.69) is 5.32 Å². The first-order chi connectivity index (χ1) is 12.0.